The van der Waals surface area contributed by atoms with Crippen LogP contribution in [0.25, 0.3) is 0 Å². The Hall–Kier alpha value is -2.76. The average molecular weight is 380 g/mol. The molecule has 2 aromatic rings. The number of ether oxygens (including phenoxy) is 1. The van der Waals surface area contributed by atoms with Gasteiger partial charge in [-0.05, 0) is 49.4 Å². The number of nitrogens with zero attached hydrogens (tertiary/aromatic N) is 2. The van der Waals surface area contributed by atoms with E-state index in [1.807, 2.05) is 41.3 Å². The molecule has 1 aromatic carbocycles. The number of carbonyl (C=O) groups excluding carboxylic acids is 2. The van der Waals surface area contributed by atoms with Gasteiger partial charge in [0, 0.05) is 12.0 Å². The van der Waals surface area contributed by atoms with Gasteiger partial charge in [-0.2, -0.15) is 0 Å². The molecule has 2 aliphatic carbocycles. The largest absolute Gasteiger partial charge is 0.482 e. The summed E-state index contributed by atoms with van der Waals surface area (Å²) in [6, 6.07) is 11.6. The van der Waals surface area contributed by atoms with E-state index in [0.29, 0.717) is 29.8 Å². The number of furan rings is 1. The van der Waals surface area contributed by atoms with Crippen LogP contribution in [0.2, 0.25) is 0 Å². The van der Waals surface area contributed by atoms with E-state index < -0.39 is 0 Å². The molecule has 0 N–H and O–H groups in total. The number of carbonyl (C=O) groups is 2. The minimum absolute atomic E-state index is 0.0307. The fraction of sp³-hybridized carbons (Fsp3) is 0.455. The Morgan fingerprint density at radius 1 is 1.21 bits per heavy atom. The van der Waals surface area contributed by atoms with Crippen molar-refractivity contribution in [1.82, 2.24) is 4.90 Å². The van der Waals surface area contributed by atoms with Crippen molar-refractivity contribution in [3.63, 3.8) is 0 Å². The first kappa shape index (κ1) is 17.3. The van der Waals surface area contributed by atoms with Gasteiger partial charge in [0.1, 0.15) is 23.8 Å². The molecule has 6 nitrogen and oxygen atoms in total. The molecule has 5 rings (SSSR count). The van der Waals surface area contributed by atoms with Gasteiger partial charge in [0.25, 0.3) is 5.91 Å². The molecule has 0 spiro atoms. The SMILES string of the molecule is CC1CC1c1ccc(CN(C(=O)CN2C(=O)COc3ccccc32)C2CC2)o1. The molecule has 0 radical (unpaired) electrons. The summed E-state index contributed by atoms with van der Waals surface area (Å²) in [7, 11) is 0. The summed E-state index contributed by atoms with van der Waals surface area (Å²) < 4.78 is 11.5. The molecule has 6 heteroatoms. The monoisotopic (exact) mass is 380 g/mol. The lowest BCUT2D eigenvalue weighted by atomic mass is 10.2. The van der Waals surface area contributed by atoms with E-state index in [0.717, 1.165) is 24.4 Å². The minimum Gasteiger partial charge on any atom is -0.482 e. The van der Waals surface area contributed by atoms with Crippen LogP contribution < -0.4 is 9.64 Å². The van der Waals surface area contributed by atoms with E-state index in [9.17, 15) is 9.59 Å². The number of hydrogen-bond acceptors (Lipinski definition) is 4. The van der Waals surface area contributed by atoms with Crippen LogP contribution in [0.4, 0.5) is 5.69 Å². The highest BCUT2D eigenvalue weighted by Gasteiger charge is 2.38. The van der Waals surface area contributed by atoms with Crippen molar-refractivity contribution in [3.05, 3.63) is 47.9 Å². The van der Waals surface area contributed by atoms with E-state index in [1.165, 1.54) is 11.3 Å². The smallest absolute Gasteiger partial charge is 0.265 e. The van der Waals surface area contributed by atoms with Gasteiger partial charge in [-0.3, -0.25) is 14.5 Å². The van der Waals surface area contributed by atoms with E-state index in [1.54, 1.807) is 0 Å². The number of hydrogen-bond donors (Lipinski definition) is 0. The zero-order chi connectivity index (χ0) is 19.3. The van der Waals surface area contributed by atoms with Crippen LogP contribution in [0.1, 0.15) is 43.6 Å². The molecule has 146 valence electrons. The Morgan fingerprint density at radius 2 is 2.00 bits per heavy atom. The van der Waals surface area contributed by atoms with E-state index >= 15 is 0 Å². The summed E-state index contributed by atoms with van der Waals surface area (Å²) in [5.74, 6) is 3.47. The van der Waals surface area contributed by atoms with Crippen LogP contribution in [0.15, 0.2) is 40.8 Å². The zero-order valence-corrected chi connectivity index (χ0v) is 16.0. The van der Waals surface area contributed by atoms with Gasteiger partial charge in [-0.25, -0.2) is 0 Å². The summed E-state index contributed by atoms with van der Waals surface area (Å²) in [6.45, 7) is 2.69. The standard InChI is InChI=1S/C22H24N2O4/c1-14-10-17(14)19-9-8-16(28-19)11-23(15-6-7-15)21(25)12-24-18-4-2-3-5-20(18)27-13-22(24)26/h2-5,8-9,14-15,17H,6-7,10-13H2,1H3. The van der Waals surface area contributed by atoms with Gasteiger partial charge in [0.05, 0.1) is 12.2 Å². The second-order valence-corrected chi connectivity index (χ2v) is 8.11. The fourth-order valence-electron chi connectivity index (χ4n) is 3.93. The van der Waals surface area contributed by atoms with E-state index in [2.05, 4.69) is 6.92 Å². The third kappa shape index (κ3) is 3.28. The predicted octanol–water partition coefficient (Wildman–Crippen LogP) is 3.32. The quantitative estimate of drug-likeness (QED) is 0.771. The Labute approximate surface area is 164 Å². The lowest BCUT2D eigenvalue weighted by molar-refractivity contribution is -0.133. The Bertz CT molecular complexity index is 917. The molecular formula is C22H24N2O4. The third-order valence-corrected chi connectivity index (χ3v) is 5.89. The number of rotatable bonds is 6. The number of amides is 2. The maximum Gasteiger partial charge on any atom is 0.265 e. The summed E-state index contributed by atoms with van der Waals surface area (Å²) in [6.07, 6.45) is 3.19. The van der Waals surface area contributed by atoms with Gasteiger partial charge < -0.3 is 14.1 Å². The molecule has 1 aromatic heterocycles. The lowest BCUT2D eigenvalue weighted by Crippen LogP contribution is -2.46. The van der Waals surface area contributed by atoms with Crippen LogP contribution in [-0.2, 0) is 16.1 Å². The van der Waals surface area contributed by atoms with Crippen molar-refractivity contribution in [2.24, 2.45) is 5.92 Å². The first-order valence-corrected chi connectivity index (χ1v) is 10.0. The van der Waals surface area contributed by atoms with Gasteiger partial charge >= 0.3 is 0 Å². The highest BCUT2D eigenvalue weighted by atomic mass is 16.5. The number of para-hydroxylation sites is 2. The molecule has 2 amide bonds. The molecule has 3 aliphatic rings. The maximum atomic E-state index is 13.1. The lowest BCUT2D eigenvalue weighted by Gasteiger charge is -2.31. The molecule has 0 bridgehead atoms. The van der Waals surface area contributed by atoms with Crippen LogP contribution in [0, 0.1) is 5.92 Å². The summed E-state index contributed by atoms with van der Waals surface area (Å²) in [4.78, 5) is 28.9. The number of anilines is 1. The average Bonchev–Trinajstić information content (AvgIpc) is 3.62. The molecule has 2 saturated carbocycles. The first-order valence-electron chi connectivity index (χ1n) is 10.0. The first-order chi connectivity index (χ1) is 13.6. The normalized spacial score (nSPS) is 23.2. The Balaban J connectivity index is 1.31. The zero-order valence-electron chi connectivity index (χ0n) is 16.0. The van der Waals surface area contributed by atoms with Crippen LogP contribution >= 0.6 is 0 Å². The fourth-order valence-corrected chi connectivity index (χ4v) is 3.93. The molecule has 2 atom stereocenters. The van der Waals surface area contributed by atoms with Crippen molar-refractivity contribution in [1.29, 1.82) is 0 Å². The van der Waals surface area contributed by atoms with Gasteiger partial charge in [-0.1, -0.05) is 19.1 Å². The van der Waals surface area contributed by atoms with E-state index in [-0.39, 0.29) is 31.0 Å². The van der Waals surface area contributed by atoms with Crippen molar-refractivity contribution >= 4 is 17.5 Å². The van der Waals surface area contributed by atoms with Crippen LogP contribution in [0.5, 0.6) is 5.75 Å². The molecule has 2 fully saturated rings. The molecular weight excluding hydrogens is 356 g/mol. The predicted molar refractivity (Wildman–Crippen MR) is 103 cm³/mol. The van der Waals surface area contributed by atoms with Crippen molar-refractivity contribution in [3.8, 4) is 5.75 Å². The molecule has 1 aliphatic heterocycles. The Kier molecular flexibility index (Phi) is 4.14. The van der Waals surface area contributed by atoms with E-state index in [4.69, 9.17) is 9.15 Å². The van der Waals surface area contributed by atoms with Crippen LogP contribution in [0.3, 0.4) is 0 Å². The van der Waals surface area contributed by atoms with Gasteiger partial charge in [-0.15, -0.1) is 0 Å². The number of fused-ring (bicyclic) bond motifs is 1. The second kappa shape index (κ2) is 6.69. The van der Waals surface area contributed by atoms with Crippen molar-refractivity contribution in [2.75, 3.05) is 18.1 Å². The minimum atomic E-state index is -0.189. The molecule has 2 unspecified atom stereocenters. The van der Waals surface area contributed by atoms with Crippen molar-refractivity contribution < 1.29 is 18.7 Å². The summed E-state index contributed by atoms with van der Waals surface area (Å²) in [5.41, 5.74) is 0.658. The summed E-state index contributed by atoms with van der Waals surface area (Å²) >= 11 is 0. The maximum absolute atomic E-state index is 13.1. The number of benzene rings is 1. The molecule has 28 heavy (non-hydrogen) atoms. The highest BCUT2D eigenvalue weighted by Crippen LogP contribution is 2.47. The van der Waals surface area contributed by atoms with Crippen LogP contribution in [-0.4, -0.2) is 35.9 Å². The molecule has 2 heterocycles. The topological polar surface area (TPSA) is 63.0 Å². The Morgan fingerprint density at radius 3 is 2.75 bits per heavy atom. The summed E-state index contributed by atoms with van der Waals surface area (Å²) in [5, 5.41) is 0. The van der Waals surface area contributed by atoms with Gasteiger partial charge in [0.15, 0.2) is 6.61 Å². The molecule has 0 saturated heterocycles. The van der Waals surface area contributed by atoms with Gasteiger partial charge in [0.2, 0.25) is 5.91 Å². The highest BCUT2D eigenvalue weighted by molar-refractivity contribution is 6.02. The van der Waals surface area contributed by atoms with Crippen molar-refractivity contribution in [2.45, 2.75) is 44.7 Å². The second-order valence-electron chi connectivity index (χ2n) is 8.11. The third-order valence-electron chi connectivity index (χ3n) is 5.89.